The lowest BCUT2D eigenvalue weighted by Crippen LogP contribution is -1.90. The second-order valence-electron chi connectivity index (χ2n) is 1.75. The summed E-state index contributed by atoms with van der Waals surface area (Å²) in [5, 5.41) is 0. The molecule has 0 saturated carbocycles. The molecule has 2 heteroatoms. The van der Waals surface area contributed by atoms with E-state index >= 15 is 0 Å². The van der Waals surface area contributed by atoms with Crippen molar-refractivity contribution in [3.63, 3.8) is 0 Å². The number of nitrogens with two attached hydrogens (primary N) is 1. The van der Waals surface area contributed by atoms with Crippen molar-refractivity contribution < 1.29 is 4.74 Å². The van der Waals surface area contributed by atoms with Crippen LogP contribution in [0.2, 0.25) is 0 Å². The van der Waals surface area contributed by atoms with Gasteiger partial charge in [-0.3, -0.25) is 0 Å². The summed E-state index contributed by atoms with van der Waals surface area (Å²) >= 11 is 0. The minimum atomic E-state index is 0.612. The minimum Gasteiger partial charge on any atom is -0.399 e. The molecule has 0 aromatic carbocycles. The van der Waals surface area contributed by atoms with E-state index in [1.165, 1.54) is 0 Å². The van der Waals surface area contributed by atoms with E-state index in [-0.39, 0.29) is 0 Å². The molecule has 0 rings (SSSR count). The highest BCUT2D eigenvalue weighted by Gasteiger charge is 1.73. The van der Waals surface area contributed by atoms with Crippen molar-refractivity contribution in [1.82, 2.24) is 0 Å². The maximum absolute atomic E-state index is 5.41. The number of hydrogen-bond donors (Lipinski definition) is 1. The largest absolute Gasteiger partial charge is 0.399 e. The second-order valence-corrected chi connectivity index (χ2v) is 1.75. The van der Waals surface area contributed by atoms with E-state index in [9.17, 15) is 0 Å². The third-order valence-corrected chi connectivity index (χ3v) is 0.923. The monoisotopic (exact) mass is 139 g/mol. The molecule has 2 nitrogen and oxygen atoms in total. The Morgan fingerprint density at radius 2 is 2.40 bits per heavy atom. The van der Waals surface area contributed by atoms with Gasteiger partial charge < -0.3 is 10.5 Å². The summed E-state index contributed by atoms with van der Waals surface area (Å²) < 4.78 is 4.77. The van der Waals surface area contributed by atoms with Gasteiger partial charge in [-0.1, -0.05) is 18.7 Å². The van der Waals surface area contributed by atoms with Gasteiger partial charge in [0.1, 0.15) is 0 Å². The highest BCUT2D eigenvalue weighted by Crippen LogP contribution is 1.84. The topological polar surface area (TPSA) is 35.2 Å². The normalized spacial score (nSPS) is 12.3. The fourth-order valence-electron chi connectivity index (χ4n) is 0.399. The Balaban J connectivity index is 3.59. The molecule has 0 bridgehead atoms. The van der Waals surface area contributed by atoms with Crippen LogP contribution in [0.3, 0.4) is 0 Å². The van der Waals surface area contributed by atoms with E-state index in [2.05, 4.69) is 6.58 Å². The Morgan fingerprint density at radius 3 is 2.90 bits per heavy atom. The summed E-state index contributed by atoms with van der Waals surface area (Å²) in [5.74, 6) is 0. The average Bonchev–Trinajstić information content (AvgIpc) is 1.98. The quantitative estimate of drug-likeness (QED) is 0.594. The molecule has 0 amide bonds. The lowest BCUT2D eigenvalue weighted by molar-refractivity contribution is 0.234. The van der Waals surface area contributed by atoms with Crippen molar-refractivity contribution >= 4 is 0 Å². The van der Waals surface area contributed by atoms with Gasteiger partial charge in [0.05, 0.1) is 6.61 Å². The first-order valence-electron chi connectivity index (χ1n) is 3.05. The van der Waals surface area contributed by atoms with Crippen molar-refractivity contribution in [2.75, 3.05) is 13.7 Å². The summed E-state index contributed by atoms with van der Waals surface area (Å²) in [6.45, 7) is 4.11. The predicted octanol–water partition coefficient (Wildman–Crippen LogP) is 1.22. The van der Waals surface area contributed by atoms with Crippen LogP contribution in [0.1, 0.15) is 0 Å². The molecular weight excluding hydrogens is 126 g/mol. The van der Waals surface area contributed by atoms with Crippen LogP contribution in [-0.2, 0) is 4.74 Å². The molecule has 0 aliphatic carbocycles. The summed E-state index contributed by atoms with van der Waals surface area (Å²) in [6, 6.07) is 0. The smallest absolute Gasteiger partial charge is 0.0646 e. The van der Waals surface area contributed by atoms with Gasteiger partial charge in [-0.2, -0.15) is 0 Å². The molecule has 0 unspecified atom stereocenters. The average molecular weight is 139 g/mol. The third-order valence-electron chi connectivity index (χ3n) is 0.923. The molecular formula is C8H13NO. The second kappa shape index (κ2) is 6.11. The zero-order valence-corrected chi connectivity index (χ0v) is 6.21. The molecule has 0 aromatic heterocycles. The molecule has 0 radical (unpaired) electrons. The van der Waals surface area contributed by atoms with Crippen LogP contribution in [0, 0.1) is 0 Å². The zero-order valence-electron chi connectivity index (χ0n) is 6.21. The molecule has 0 spiro atoms. The SMILES string of the molecule is C=C/C(N)=C\C=C/COC. The van der Waals surface area contributed by atoms with Crippen molar-refractivity contribution in [3.8, 4) is 0 Å². The van der Waals surface area contributed by atoms with E-state index in [0.29, 0.717) is 12.3 Å². The summed E-state index contributed by atoms with van der Waals surface area (Å²) in [5.41, 5.74) is 6.07. The maximum atomic E-state index is 5.41. The van der Waals surface area contributed by atoms with Crippen molar-refractivity contribution in [3.05, 3.63) is 36.6 Å². The molecule has 10 heavy (non-hydrogen) atoms. The van der Waals surface area contributed by atoms with Crippen LogP contribution in [0.15, 0.2) is 36.6 Å². The molecule has 0 aliphatic rings. The maximum Gasteiger partial charge on any atom is 0.0646 e. The van der Waals surface area contributed by atoms with Gasteiger partial charge >= 0.3 is 0 Å². The summed E-state index contributed by atoms with van der Waals surface area (Å²) in [6.07, 6.45) is 7.07. The van der Waals surface area contributed by atoms with Gasteiger partial charge in [-0.25, -0.2) is 0 Å². The molecule has 0 aliphatic heterocycles. The molecule has 2 N–H and O–H groups in total. The van der Waals surface area contributed by atoms with E-state index in [0.717, 1.165) is 0 Å². The zero-order chi connectivity index (χ0) is 7.82. The summed E-state index contributed by atoms with van der Waals surface area (Å²) in [4.78, 5) is 0. The minimum absolute atomic E-state index is 0.612. The Morgan fingerprint density at radius 1 is 1.70 bits per heavy atom. The number of rotatable bonds is 4. The van der Waals surface area contributed by atoms with E-state index in [1.54, 1.807) is 19.3 Å². The Labute approximate surface area is 61.7 Å². The fourth-order valence-corrected chi connectivity index (χ4v) is 0.399. The molecule has 0 fully saturated rings. The standard InChI is InChI=1S/C8H13NO/c1-3-8(9)6-4-5-7-10-2/h3-6H,1,7,9H2,2H3/b5-4-,8-6+. The van der Waals surface area contributed by atoms with E-state index in [1.807, 2.05) is 12.2 Å². The number of allylic oxidation sites excluding steroid dienone is 3. The number of hydrogen-bond acceptors (Lipinski definition) is 2. The number of ether oxygens (including phenoxy) is 1. The van der Waals surface area contributed by atoms with E-state index in [4.69, 9.17) is 10.5 Å². The molecule has 0 heterocycles. The van der Waals surface area contributed by atoms with E-state index < -0.39 is 0 Å². The first kappa shape index (κ1) is 8.98. The lowest BCUT2D eigenvalue weighted by Gasteiger charge is -1.86. The van der Waals surface area contributed by atoms with Crippen molar-refractivity contribution in [1.29, 1.82) is 0 Å². The summed E-state index contributed by atoms with van der Waals surface area (Å²) in [7, 11) is 1.64. The molecule has 0 aromatic rings. The van der Waals surface area contributed by atoms with Crippen LogP contribution in [0.25, 0.3) is 0 Å². The van der Waals surface area contributed by atoms with Crippen LogP contribution in [0.5, 0.6) is 0 Å². The first-order chi connectivity index (χ1) is 4.81. The molecule has 0 atom stereocenters. The number of methoxy groups -OCH3 is 1. The van der Waals surface area contributed by atoms with Crippen LogP contribution in [0.4, 0.5) is 0 Å². The van der Waals surface area contributed by atoms with Gasteiger partial charge in [-0.15, -0.1) is 0 Å². The van der Waals surface area contributed by atoms with Crippen molar-refractivity contribution in [2.24, 2.45) is 5.73 Å². The van der Waals surface area contributed by atoms with Crippen LogP contribution < -0.4 is 5.73 Å². The Bertz CT molecular complexity index is 147. The highest BCUT2D eigenvalue weighted by molar-refractivity contribution is 5.18. The lowest BCUT2D eigenvalue weighted by atomic mass is 10.4. The fraction of sp³-hybridized carbons (Fsp3) is 0.250. The van der Waals surface area contributed by atoms with Gasteiger partial charge in [0.15, 0.2) is 0 Å². The molecule has 0 saturated heterocycles. The third kappa shape index (κ3) is 5.12. The Kier molecular flexibility index (Phi) is 5.48. The molecule has 56 valence electrons. The van der Waals surface area contributed by atoms with Gasteiger partial charge in [0.25, 0.3) is 0 Å². The van der Waals surface area contributed by atoms with Gasteiger partial charge in [-0.05, 0) is 12.2 Å². The highest BCUT2D eigenvalue weighted by atomic mass is 16.5. The predicted molar refractivity (Wildman–Crippen MR) is 43.5 cm³/mol. The van der Waals surface area contributed by atoms with Crippen LogP contribution in [-0.4, -0.2) is 13.7 Å². The van der Waals surface area contributed by atoms with Gasteiger partial charge in [0.2, 0.25) is 0 Å². The van der Waals surface area contributed by atoms with Crippen molar-refractivity contribution in [2.45, 2.75) is 0 Å². The van der Waals surface area contributed by atoms with Gasteiger partial charge in [0, 0.05) is 12.8 Å². The van der Waals surface area contributed by atoms with Crippen LogP contribution >= 0.6 is 0 Å². The first-order valence-corrected chi connectivity index (χ1v) is 3.05. The Hall–Kier alpha value is -1.02.